The van der Waals surface area contributed by atoms with Crippen molar-refractivity contribution >= 4 is 17.8 Å². The number of esters is 1. The Morgan fingerprint density at radius 1 is 1.31 bits per heavy atom. The molecular formula is C12H12O4. The fraction of sp³-hybridized carbons (Fsp3) is 0.167. The van der Waals surface area contributed by atoms with Crippen LogP contribution in [-0.2, 0) is 14.3 Å². The van der Waals surface area contributed by atoms with Gasteiger partial charge in [0.15, 0.2) is 5.78 Å². The molecule has 1 aromatic carbocycles. The molecule has 1 N–H and O–H groups in total. The Morgan fingerprint density at radius 3 is 2.50 bits per heavy atom. The lowest BCUT2D eigenvalue weighted by atomic mass is 10.2. The van der Waals surface area contributed by atoms with Gasteiger partial charge in [0, 0.05) is 6.08 Å². The third-order valence-corrected chi connectivity index (χ3v) is 1.72. The average molecular weight is 220 g/mol. The van der Waals surface area contributed by atoms with Gasteiger partial charge in [0.1, 0.15) is 12.4 Å². The maximum absolute atomic E-state index is 11.1. The Labute approximate surface area is 93.2 Å². The van der Waals surface area contributed by atoms with E-state index >= 15 is 0 Å². The van der Waals surface area contributed by atoms with Crippen LogP contribution in [0, 0.1) is 0 Å². The van der Waals surface area contributed by atoms with Crippen LogP contribution < -0.4 is 0 Å². The van der Waals surface area contributed by atoms with Crippen molar-refractivity contribution in [3.8, 4) is 5.75 Å². The van der Waals surface area contributed by atoms with E-state index in [-0.39, 0.29) is 18.1 Å². The van der Waals surface area contributed by atoms with Crippen molar-refractivity contribution in [2.75, 3.05) is 6.61 Å². The first kappa shape index (κ1) is 12.0. The highest BCUT2D eigenvalue weighted by Crippen LogP contribution is 2.10. The van der Waals surface area contributed by atoms with Crippen molar-refractivity contribution in [2.45, 2.75) is 6.92 Å². The number of ether oxygens (including phenoxy) is 1. The van der Waals surface area contributed by atoms with Gasteiger partial charge >= 0.3 is 5.97 Å². The maximum atomic E-state index is 11.1. The molecule has 0 heterocycles. The molecule has 0 aliphatic carbocycles. The SMILES string of the molecule is CC(=O)COC(=O)/C=C/c1ccc(O)cc1. The Hall–Kier alpha value is -2.10. The summed E-state index contributed by atoms with van der Waals surface area (Å²) in [5.41, 5.74) is 0.762. The highest BCUT2D eigenvalue weighted by Gasteiger charge is 1.99. The smallest absolute Gasteiger partial charge is 0.331 e. The van der Waals surface area contributed by atoms with E-state index in [0.717, 1.165) is 5.56 Å². The summed E-state index contributed by atoms with van der Waals surface area (Å²) in [6.45, 7) is 1.13. The van der Waals surface area contributed by atoms with Gasteiger partial charge in [0.25, 0.3) is 0 Å². The number of phenolic OH excluding ortho intramolecular Hbond substituents is 1. The summed E-state index contributed by atoms with van der Waals surface area (Å²) in [6.07, 6.45) is 2.78. The Balaban J connectivity index is 2.50. The van der Waals surface area contributed by atoms with E-state index in [2.05, 4.69) is 4.74 Å². The summed E-state index contributed by atoms with van der Waals surface area (Å²) in [5.74, 6) is -0.606. The van der Waals surface area contributed by atoms with E-state index in [1.54, 1.807) is 18.2 Å². The van der Waals surface area contributed by atoms with Crippen LogP contribution >= 0.6 is 0 Å². The number of hydrogen-bond donors (Lipinski definition) is 1. The predicted octanol–water partition coefficient (Wildman–Crippen LogP) is 1.54. The summed E-state index contributed by atoms with van der Waals surface area (Å²) in [7, 11) is 0. The molecule has 0 unspecified atom stereocenters. The highest BCUT2D eigenvalue weighted by atomic mass is 16.5. The second-order valence-electron chi connectivity index (χ2n) is 3.23. The number of benzene rings is 1. The van der Waals surface area contributed by atoms with Gasteiger partial charge in [0.05, 0.1) is 0 Å². The van der Waals surface area contributed by atoms with Crippen molar-refractivity contribution in [3.05, 3.63) is 35.9 Å². The predicted molar refractivity (Wildman–Crippen MR) is 58.8 cm³/mol. The molecule has 4 nitrogen and oxygen atoms in total. The van der Waals surface area contributed by atoms with Gasteiger partial charge in [-0.3, -0.25) is 4.79 Å². The van der Waals surface area contributed by atoms with Gasteiger partial charge in [0.2, 0.25) is 0 Å². The molecule has 16 heavy (non-hydrogen) atoms. The molecule has 84 valence electrons. The third kappa shape index (κ3) is 4.41. The number of aromatic hydroxyl groups is 1. The van der Waals surface area contributed by atoms with Crippen molar-refractivity contribution in [2.24, 2.45) is 0 Å². The van der Waals surface area contributed by atoms with Crippen LogP contribution in [0.15, 0.2) is 30.3 Å². The number of ketones is 1. The first-order valence-electron chi connectivity index (χ1n) is 4.71. The van der Waals surface area contributed by atoms with Crippen molar-refractivity contribution < 1.29 is 19.4 Å². The van der Waals surface area contributed by atoms with Crippen LogP contribution in [0.25, 0.3) is 6.08 Å². The second kappa shape index (κ2) is 5.70. The molecule has 0 saturated carbocycles. The number of carbonyl (C=O) groups excluding carboxylic acids is 2. The molecule has 0 aliphatic rings. The molecule has 1 rings (SSSR count). The second-order valence-corrected chi connectivity index (χ2v) is 3.23. The molecule has 0 fully saturated rings. The lowest BCUT2D eigenvalue weighted by Crippen LogP contribution is -2.08. The zero-order valence-electron chi connectivity index (χ0n) is 8.84. The minimum Gasteiger partial charge on any atom is -0.508 e. The molecular weight excluding hydrogens is 208 g/mol. The zero-order chi connectivity index (χ0) is 12.0. The quantitative estimate of drug-likeness (QED) is 0.617. The van der Waals surface area contributed by atoms with Crippen LogP contribution in [0.3, 0.4) is 0 Å². The van der Waals surface area contributed by atoms with E-state index in [4.69, 9.17) is 5.11 Å². The first-order valence-corrected chi connectivity index (χ1v) is 4.71. The molecule has 1 aromatic rings. The molecule has 0 aliphatic heterocycles. The van der Waals surface area contributed by atoms with E-state index in [1.165, 1.54) is 25.1 Å². The number of hydrogen-bond acceptors (Lipinski definition) is 4. The average Bonchev–Trinajstić information content (AvgIpc) is 2.25. The van der Waals surface area contributed by atoms with Crippen molar-refractivity contribution in [3.63, 3.8) is 0 Å². The van der Waals surface area contributed by atoms with Gasteiger partial charge in [-0.05, 0) is 30.7 Å². The Morgan fingerprint density at radius 2 is 1.94 bits per heavy atom. The molecule has 0 aromatic heterocycles. The fourth-order valence-electron chi connectivity index (χ4n) is 0.971. The third-order valence-electron chi connectivity index (χ3n) is 1.72. The monoisotopic (exact) mass is 220 g/mol. The van der Waals surface area contributed by atoms with Crippen molar-refractivity contribution in [1.29, 1.82) is 0 Å². The van der Waals surface area contributed by atoms with Gasteiger partial charge in [-0.25, -0.2) is 4.79 Å². The maximum Gasteiger partial charge on any atom is 0.331 e. The van der Waals surface area contributed by atoms with E-state index in [0.29, 0.717) is 0 Å². The van der Waals surface area contributed by atoms with Crippen LogP contribution in [0.1, 0.15) is 12.5 Å². The standard InChI is InChI=1S/C12H12O4/c1-9(13)8-16-12(15)7-4-10-2-5-11(14)6-3-10/h2-7,14H,8H2,1H3/b7-4+. The van der Waals surface area contributed by atoms with Crippen LogP contribution in [0.5, 0.6) is 5.75 Å². The summed E-state index contributed by atoms with van der Waals surface area (Å²) in [4.78, 5) is 21.6. The summed E-state index contributed by atoms with van der Waals surface area (Å²) < 4.78 is 4.62. The number of phenols is 1. The molecule has 0 bridgehead atoms. The van der Waals surface area contributed by atoms with Gasteiger partial charge in [-0.2, -0.15) is 0 Å². The summed E-state index contributed by atoms with van der Waals surface area (Å²) in [6, 6.07) is 6.34. The molecule has 0 spiro atoms. The fourth-order valence-corrected chi connectivity index (χ4v) is 0.971. The van der Waals surface area contributed by atoms with Crippen LogP contribution in [-0.4, -0.2) is 23.5 Å². The first-order chi connectivity index (χ1) is 7.58. The lowest BCUT2D eigenvalue weighted by Gasteiger charge is -1.97. The van der Waals surface area contributed by atoms with Crippen LogP contribution in [0.4, 0.5) is 0 Å². The molecule has 0 atom stereocenters. The van der Waals surface area contributed by atoms with Gasteiger partial charge in [-0.15, -0.1) is 0 Å². The topological polar surface area (TPSA) is 63.6 Å². The molecule has 0 saturated heterocycles. The Bertz CT molecular complexity index is 404. The summed E-state index contributed by atoms with van der Waals surface area (Å²) >= 11 is 0. The van der Waals surface area contributed by atoms with E-state index in [9.17, 15) is 9.59 Å². The lowest BCUT2D eigenvalue weighted by molar-refractivity contribution is -0.142. The molecule has 0 radical (unpaired) electrons. The van der Waals surface area contributed by atoms with Gasteiger partial charge < -0.3 is 9.84 Å². The highest BCUT2D eigenvalue weighted by molar-refractivity contribution is 5.89. The molecule has 4 heteroatoms. The minimum atomic E-state index is -0.566. The number of rotatable bonds is 4. The normalized spacial score (nSPS) is 10.3. The molecule has 0 amide bonds. The Kier molecular flexibility index (Phi) is 4.27. The van der Waals surface area contributed by atoms with Crippen LogP contribution in [0.2, 0.25) is 0 Å². The number of Topliss-reactive ketones (excluding diaryl/α,β-unsaturated/α-hetero) is 1. The number of carbonyl (C=O) groups is 2. The summed E-state index contributed by atoms with van der Waals surface area (Å²) in [5, 5.41) is 9.03. The van der Waals surface area contributed by atoms with E-state index in [1.807, 2.05) is 0 Å². The van der Waals surface area contributed by atoms with Crippen molar-refractivity contribution in [1.82, 2.24) is 0 Å². The minimum absolute atomic E-state index is 0.163. The zero-order valence-corrected chi connectivity index (χ0v) is 8.84. The van der Waals surface area contributed by atoms with Gasteiger partial charge in [-0.1, -0.05) is 12.1 Å². The van der Waals surface area contributed by atoms with E-state index < -0.39 is 5.97 Å². The largest absolute Gasteiger partial charge is 0.508 e.